The van der Waals surface area contributed by atoms with Crippen molar-refractivity contribution in [2.24, 2.45) is 17.8 Å². The number of halogens is 1. The predicted octanol–water partition coefficient (Wildman–Crippen LogP) is 3.80. The van der Waals surface area contributed by atoms with Gasteiger partial charge < -0.3 is 5.32 Å². The highest BCUT2D eigenvalue weighted by Crippen LogP contribution is 2.49. The van der Waals surface area contributed by atoms with Gasteiger partial charge in [0.05, 0.1) is 15.5 Å². The molecule has 0 aliphatic heterocycles. The van der Waals surface area contributed by atoms with Crippen molar-refractivity contribution in [3.05, 3.63) is 38.9 Å². The predicted molar refractivity (Wildman–Crippen MR) is 84.0 cm³/mol. The molecule has 2 fully saturated rings. The number of hydrogen-bond acceptors (Lipinski definition) is 3. The minimum Gasteiger partial charge on any atom is -0.349 e. The van der Waals surface area contributed by atoms with Gasteiger partial charge in [-0.25, -0.2) is 0 Å². The van der Waals surface area contributed by atoms with Gasteiger partial charge in [0.1, 0.15) is 0 Å². The van der Waals surface area contributed by atoms with E-state index in [0.717, 1.165) is 5.92 Å². The average molecular weight is 323 g/mol. The fraction of sp³-hybridized carbons (Fsp3) is 0.562. The van der Waals surface area contributed by atoms with Crippen LogP contribution in [0.25, 0.3) is 0 Å². The maximum atomic E-state index is 12.4. The van der Waals surface area contributed by atoms with E-state index in [9.17, 15) is 14.9 Å². The smallest absolute Gasteiger partial charge is 0.270 e. The van der Waals surface area contributed by atoms with E-state index in [-0.39, 0.29) is 28.2 Å². The number of fused-ring (bicyclic) bond motifs is 2. The summed E-state index contributed by atoms with van der Waals surface area (Å²) in [4.78, 5) is 22.7. The van der Waals surface area contributed by atoms with Crippen LogP contribution in [0, 0.1) is 27.9 Å². The summed E-state index contributed by atoms with van der Waals surface area (Å²) in [6, 6.07) is 4.01. The van der Waals surface area contributed by atoms with Crippen LogP contribution in [-0.2, 0) is 0 Å². The number of nitro benzene ring substituents is 1. The summed E-state index contributed by atoms with van der Waals surface area (Å²) >= 11 is 6.02. The first-order chi connectivity index (χ1) is 10.5. The average Bonchev–Trinajstić information content (AvgIpc) is 3.09. The quantitative estimate of drug-likeness (QED) is 0.677. The van der Waals surface area contributed by atoms with Crippen LogP contribution in [0.5, 0.6) is 0 Å². The second-order valence-electron chi connectivity index (χ2n) is 6.52. The lowest BCUT2D eigenvalue weighted by Crippen LogP contribution is -2.40. The van der Waals surface area contributed by atoms with Gasteiger partial charge in [-0.05, 0) is 50.0 Å². The molecule has 6 heteroatoms. The van der Waals surface area contributed by atoms with Gasteiger partial charge >= 0.3 is 0 Å². The number of nitro groups is 1. The Morgan fingerprint density at radius 3 is 2.77 bits per heavy atom. The lowest BCUT2D eigenvalue weighted by molar-refractivity contribution is -0.384. The highest BCUT2D eigenvalue weighted by Gasteiger charge is 2.42. The number of nitrogens with zero attached hydrogens (tertiary/aromatic N) is 1. The second-order valence-corrected chi connectivity index (χ2v) is 6.93. The van der Waals surface area contributed by atoms with Crippen LogP contribution in [0.2, 0.25) is 5.02 Å². The third-order valence-electron chi connectivity index (χ3n) is 5.20. The van der Waals surface area contributed by atoms with E-state index in [1.807, 2.05) is 6.92 Å². The number of hydrogen-bond donors (Lipinski definition) is 1. The summed E-state index contributed by atoms with van der Waals surface area (Å²) in [5.41, 5.74) is 0.0491. The van der Waals surface area contributed by atoms with Gasteiger partial charge in [0, 0.05) is 18.2 Å². The lowest BCUT2D eigenvalue weighted by atomic mass is 9.84. The molecule has 3 rings (SSSR count). The molecule has 0 saturated heterocycles. The molecule has 118 valence electrons. The fourth-order valence-corrected chi connectivity index (χ4v) is 4.30. The van der Waals surface area contributed by atoms with Gasteiger partial charge in [-0.1, -0.05) is 18.0 Å². The Balaban J connectivity index is 1.71. The molecule has 22 heavy (non-hydrogen) atoms. The number of amides is 1. The number of carbonyl (C=O) groups excluding carboxylic acids is 1. The minimum atomic E-state index is -0.521. The zero-order valence-corrected chi connectivity index (χ0v) is 13.2. The van der Waals surface area contributed by atoms with Crippen molar-refractivity contribution >= 4 is 23.2 Å². The molecule has 0 heterocycles. The SMILES string of the molecule is C[C@H](NC(=O)c1cc([N+](=O)[O-])ccc1Cl)[C@H]1C[C@@H]2CC[C@H]1C2. The summed E-state index contributed by atoms with van der Waals surface area (Å²) in [5.74, 6) is 1.71. The second kappa shape index (κ2) is 5.88. The lowest BCUT2D eigenvalue weighted by Gasteiger charge is -2.28. The standard InChI is InChI=1S/C16H19ClN2O3/c1-9(13-7-10-2-3-11(13)6-10)18-16(20)14-8-12(19(21)22)4-5-15(14)17/h4-5,8-11,13H,2-3,6-7H2,1H3,(H,18,20)/t9-,10+,11-,13+/m0/s1. The number of rotatable bonds is 4. The Kier molecular flexibility index (Phi) is 4.08. The van der Waals surface area contributed by atoms with Gasteiger partial charge in [0.2, 0.25) is 0 Å². The van der Waals surface area contributed by atoms with Crippen molar-refractivity contribution in [3.63, 3.8) is 0 Å². The van der Waals surface area contributed by atoms with E-state index in [0.29, 0.717) is 11.8 Å². The normalized spacial score (nSPS) is 27.6. The Labute approximate surface area is 134 Å². The van der Waals surface area contributed by atoms with Crippen LogP contribution in [0.3, 0.4) is 0 Å². The van der Waals surface area contributed by atoms with Crippen molar-refractivity contribution in [3.8, 4) is 0 Å². The molecule has 0 radical (unpaired) electrons. The third-order valence-corrected chi connectivity index (χ3v) is 5.53. The van der Waals surface area contributed by atoms with Crippen LogP contribution in [0.15, 0.2) is 18.2 Å². The first kappa shape index (κ1) is 15.3. The molecule has 2 bridgehead atoms. The van der Waals surface area contributed by atoms with Crippen molar-refractivity contribution in [1.82, 2.24) is 5.32 Å². The molecule has 0 aromatic heterocycles. The Morgan fingerprint density at radius 2 is 2.18 bits per heavy atom. The zero-order chi connectivity index (χ0) is 15.9. The van der Waals surface area contributed by atoms with Crippen molar-refractivity contribution in [2.75, 3.05) is 0 Å². The van der Waals surface area contributed by atoms with Crippen LogP contribution >= 0.6 is 11.6 Å². The highest BCUT2D eigenvalue weighted by molar-refractivity contribution is 6.33. The molecule has 0 spiro atoms. The van der Waals surface area contributed by atoms with E-state index < -0.39 is 4.92 Å². The summed E-state index contributed by atoms with van der Waals surface area (Å²) in [6.07, 6.45) is 5.03. The molecular formula is C16H19ClN2O3. The topological polar surface area (TPSA) is 72.2 Å². The highest BCUT2D eigenvalue weighted by atomic mass is 35.5. The van der Waals surface area contributed by atoms with Crippen LogP contribution < -0.4 is 5.32 Å². The fourth-order valence-electron chi connectivity index (χ4n) is 4.10. The number of benzene rings is 1. The molecule has 5 nitrogen and oxygen atoms in total. The zero-order valence-electron chi connectivity index (χ0n) is 12.4. The Hall–Kier alpha value is -1.62. The summed E-state index contributed by atoms with van der Waals surface area (Å²) in [7, 11) is 0. The largest absolute Gasteiger partial charge is 0.349 e. The Morgan fingerprint density at radius 1 is 1.41 bits per heavy atom. The third kappa shape index (κ3) is 2.82. The molecule has 1 aromatic rings. The van der Waals surface area contributed by atoms with E-state index in [2.05, 4.69) is 5.32 Å². The first-order valence-corrected chi connectivity index (χ1v) is 8.08. The summed E-state index contributed by atoms with van der Waals surface area (Å²) < 4.78 is 0. The Bertz CT molecular complexity index is 619. The molecule has 1 amide bonds. The van der Waals surface area contributed by atoms with Gasteiger partial charge in [-0.3, -0.25) is 14.9 Å². The molecule has 1 aromatic carbocycles. The van der Waals surface area contributed by atoms with E-state index in [1.54, 1.807) is 0 Å². The maximum Gasteiger partial charge on any atom is 0.270 e. The summed E-state index contributed by atoms with van der Waals surface area (Å²) in [5, 5.41) is 14.1. The van der Waals surface area contributed by atoms with E-state index in [1.165, 1.54) is 43.9 Å². The first-order valence-electron chi connectivity index (χ1n) is 7.70. The monoisotopic (exact) mass is 322 g/mol. The van der Waals surface area contributed by atoms with Crippen LogP contribution in [0.4, 0.5) is 5.69 Å². The van der Waals surface area contributed by atoms with Gasteiger partial charge in [-0.2, -0.15) is 0 Å². The van der Waals surface area contributed by atoms with Gasteiger partial charge in [-0.15, -0.1) is 0 Å². The van der Waals surface area contributed by atoms with E-state index in [4.69, 9.17) is 11.6 Å². The molecular weight excluding hydrogens is 304 g/mol. The molecule has 4 atom stereocenters. The van der Waals surface area contributed by atoms with Crippen LogP contribution in [-0.4, -0.2) is 16.9 Å². The van der Waals surface area contributed by atoms with Crippen molar-refractivity contribution in [2.45, 2.75) is 38.6 Å². The maximum absolute atomic E-state index is 12.4. The number of nitrogens with one attached hydrogen (secondary N) is 1. The molecule has 1 N–H and O–H groups in total. The van der Waals surface area contributed by atoms with Crippen molar-refractivity contribution in [1.29, 1.82) is 0 Å². The van der Waals surface area contributed by atoms with Gasteiger partial charge in [0.15, 0.2) is 0 Å². The molecule has 2 aliphatic rings. The summed E-state index contributed by atoms with van der Waals surface area (Å²) in [6.45, 7) is 2.02. The minimum absolute atomic E-state index is 0.0677. The molecule has 2 aliphatic carbocycles. The molecule has 2 saturated carbocycles. The van der Waals surface area contributed by atoms with Crippen LogP contribution in [0.1, 0.15) is 43.0 Å². The van der Waals surface area contributed by atoms with Crippen molar-refractivity contribution < 1.29 is 9.72 Å². The molecule has 0 unspecified atom stereocenters. The van der Waals surface area contributed by atoms with Gasteiger partial charge in [0.25, 0.3) is 11.6 Å². The number of non-ortho nitro benzene ring substituents is 1. The number of carbonyl (C=O) groups is 1. The van der Waals surface area contributed by atoms with E-state index >= 15 is 0 Å².